The fraction of sp³-hybridized carbons (Fsp3) is 0. The van der Waals surface area contributed by atoms with Gasteiger partial charge in [-0.2, -0.15) is 0 Å². The zero-order chi connectivity index (χ0) is 35.1. The van der Waals surface area contributed by atoms with Crippen molar-refractivity contribution in [3.63, 3.8) is 0 Å². The summed E-state index contributed by atoms with van der Waals surface area (Å²) in [5.41, 5.74) is 13.7. The molecule has 0 aliphatic rings. The van der Waals surface area contributed by atoms with Crippen molar-refractivity contribution in [3.8, 4) is 45.3 Å². The van der Waals surface area contributed by atoms with E-state index in [1.807, 2.05) is 109 Å². The molecular weight excluding hydrogens is 655 g/mol. The van der Waals surface area contributed by atoms with Crippen LogP contribution in [0.25, 0.3) is 78.5 Å². The van der Waals surface area contributed by atoms with E-state index in [2.05, 4.69) is 76.6 Å². The predicted molar refractivity (Wildman–Crippen MR) is 211 cm³/mol. The number of fused-ring (bicyclic) bond motifs is 3. The molecule has 0 aliphatic heterocycles. The summed E-state index contributed by atoms with van der Waals surface area (Å²) >= 11 is 0. The molecule has 0 fully saturated rings. The molecule has 10 aromatic rings. The molecule has 53 heavy (non-hydrogen) atoms. The maximum Gasteiger partial charge on any atom is 0.227 e. The van der Waals surface area contributed by atoms with E-state index in [0.717, 1.165) is 83.8 Å². The first-order valence-corrected chi connectivity index (χ1v) is 17.4. The van der Waals surface area contributed by atoms with Crippen LogP contribution in [0.15, 0.2) is 185 Å². The highest BCUT2D eigenvalue weighted by Gasteiger charge is 2.17. The number of benzene rings is 6. The Bertz CT molecular complexity index is 2700. The van der Waals surface area contributed by atoms with Gasteiger partial charge in [0.15, 0.2) is 11.2 Å². The van der Waals surface area contributed by atoms with Crippen LogP contribution in [-0.2, 0) is 0 Å². The first-order valence-electron chi connectivity index (χ1n) is 17.4. The maximum atomic E-state index is 6.07. The number of aromatic nitrogens is 4. The molecule has 0 bridgehead atoms. The van der Waals surface area contributed by atoms with Crippen molar-refractivity contribution >= 4 is 50.3 Å². The Balaban J connectivity index is 1.04. The molecule has 0 unspecified atom stereocenters. The first-order chi connectivity index (χ1) is 26.2. The molecule has 6 aromatic carbocycles. The second-order valence-electron chi connectivity index (χ2n) is 12.7. The van der Waals surface area contributed by atoms with Crippen LogP contribution in [0.1, 0.15) is 0 Å². The minimum absolute atomic E-state index is 0.587. The molecule has 0 atom stereocenters. The van der Waals surface area contributed by atoms with Crippen molar-refractivity contribution in [1.82, 2.24) is 19.9 Å². The molecule has 4 heterocycles. The van der Waals surface area contributed by atoms with Crippen molar-refractivity contribution in [2.45, 2.75) is 0 Å². The fourth-order valence-electron chi connectivity index (χ4n) is 6.77. The smallest absolute Gasteiger partial charge is 0.227 e. The Labute approximate surface area is 304 Å². The van der Waals surface area contributed by atoms with Crippen LogP contribution >= 0.6 is 0 Å². The SMILES string of the molecule is c1ccc(-c2cc(-c3ccc(N(c4ccc(-c5nc6ccccc6o5)cc4)c4ccc(-c5nc6ccccc6o5)cc4)cc3)nc3cccnc23)cc1. The molecule has 0 saturated carbocycles. The van der Waals surface area contributed by atoms with Gasteiger partial charge in [0, 0.05) is 45.5 Å². The minimum Gasteiger partial charge on any atom is -0.436 e. The van der Waals surface area contributed by atoms with Crippen molar-refractivity contribution < 1.29 is 8.83 Å². The lowest BCUT2D eigenvalue weighted by Crippen LogP contribution is -2.09. The van der Waals surface area contributed by atoms with E-state index in [9.17, 15) is 0 Å². The summed E-state index contributed by atoms with van der Waals surface area (Å²) < 4.78 is 12.1. The number of nitrogens with zero attached hydrogens (tertiary/aromatic N) is 5. The summed E-state index contributed by atoms with van der Waals surface area (Å²) in [5, 5.41) is 0. The fourth-order valence-corrected chi connectivity index (χ4v) is 6.77. The van der Waals surface area contributed by atoms with Gasteiger partial charge in [-0.05, 0) is 109 Å². The van der Waals surface area contributed by atoms with E-state index >= 15 is 0 Å². The zero-order valence-electron chi connectivity index (χ0n) is 28.3. The van der Waals surface area contributed by atoms with Gasteiger partial charge in [0.25, 0.3) is 0 Å². The van der Waals surface area contributed by atoms with Gasteiger partial charge in [0.1, 0.15) is 11.0 Å². The molecule has 4 aromatic heterocycles. The Hall–Kier alpha value is -7.38. The van der Waals surface area contributed by atoms with Crippen LogP contribution < -0.4 is 4.90 Å². The average Bonchev–Trinajstić information content (AvgIpc) is 3.87. The predicted octanol–water partition coefficient (Wildman–Crippen LogP) is 12.0. The molecule has 0 aliphatic carbocycles. The van der Waals surface area contributed by atoms with Gasteiger partial charge in [-0.15, -0.1) is 0 Å². The van der Waals surface area contributed by atoms with Crippen LogP contribution in [0.5, 0.6) is 0 Å². The third-order valence-corrected chi connectivity index (χ3v) is 9.40. The topological polar surface area (TPSA) is 81.1 Å². The molecule has 7 nitrogen and oxygen atoms in total. The van der Waals surface area contributed by atoms with Gasteiger partial charge < -0.3 is 13.7 Å². The lowest BCUT2D eigenvalue weighted by atomic mass is 10.0. The van der Waals surface area contributed by atoms with Gasteiger partial charge >= 0.3 is 0 Å². The number of oxazole rings is 2. The minimum atomic E-state index is 0.587. The number of pyridine rings is 2. The quantitative estimate of drug-likeness (QED) is 0.165. The van der Waals surface area contributed by atoms with E-state index in [0.29, 0.717) is 11.8 Å². The van der Waals surface area contributed by atoms with Crippen LogP contribution in [-0.4, -0.2) is 19.9 Å². The average molecular weight is 684 g/mol. The monoisotopic (exact) mass is 683 g/mol. The molecule has 0 saturated heterocycles. The van der Waals surface area contributed by atoms with Gasteiger partial charge in [-0.3, -0.25) is 4.98 Å². The van der Waals surface area contributed by atoms with Crippen LogP contribution in [0.4, 0.5) is 17.1 Å². The van der Waals surface area contributed by atoms with E-state index in [1.54, 1.807) is 0 Å². The molecule has 10 rings (SSSR count). The Kier molecular flexibility index (Phi) is 7.32. The van der Waals surface area contributed by atoms with E-state index in [-0.39, 0.29) is 0 Å². The Morgan fingerprint density at radius 1 is 0.396 bits per heavy atom. The largest absolute Gasteiger partial charge is 0.436 e. The number of hydrogen-bond acceptors (Lipinski definition) is 7. The molecule has 0 amide bonds. The van der Waals surface area contributed by atoms with E-state index < -0.39 is 0 Å². The number of hydrogen-bond donors (Lipinski definition) is 0. The molecule has 0 spiro atoms. The van der Waals surface area contributed by atoms with E-state index in [4.69, 9.17) is 23.8 Å². The molecule has 7 heteroatoms. The highest BCUT2D eigenvalue weighted by atomic mass is 16.4. The summed E-state index contributed by atoms with van der Waals surface area (Å²) in [4.78, 5) is 21.3. The van der Waals surface area contributed by atoms with Crippen molar-refractivity contribution in [3.05, 3.63) is 176 Å². The summed E-state index contributed by atoms with van der Waals surface area (Å²) in [6.45, 7) is 0. The lowest BCUT2D eigenvalue weighted by molar-refractivity contribution is 0.619. The Morgan fingerprint density at radius 3 is 1.43 bits per heavy atom. The zero-order valence-corrected chi connectivity index (χ0v) is 28.3. The molecule has 250 valence electrons. The first kappa shape index (κ1) is 30.4. The van der Waals surface area contributed by atoms with Gasteiger partial charge in [0.05, 0.1) is 16.7 Å². The van der Waals surface area contributed by atoms with Crippen molar-refractivity contribution in [1.29, 1.82) is 0 Å². The maximum absolute atomic E-state index is 6.07. The van der Waals surface area contributed by atoms with Crippen molar-refractivity contribution in [2.75, 3.05) is 4.90 Å². The second kappa shape index (κ2) is 12.7. The van der Waals surface area contributed by atoms with Crippen LogP contribution in [0.3, 0.4) is 0 Å². The molecule has 0 N–H and O–H groups in total. The Morgan fingerprint density at radius 2 is 0.887 bits per heavy atom. The normalized spacial score (nSPS) is 11.4. The third-order valence-electron chi connectivity index (χ3n) is 9.40. The second-order valence-corrected chi connectivity index (χ2v) is 12.7. The number of para-hydroxylation sites is 4. The lowest BCUT2D eigenvalue weighted by Gasteiger charge is -2.26. The van der Waals surface area contributed by atoms with Crippen LogP contribution in [0, 0.1) is 0 Å². The molecular formula is C46H29N5O2. The van der Waals surface area contributed by atoms with Gasteiger partial charge in [-0.1, -0.05) is 66.7 Å². The van der Waals surface area contributed by atoms with Gasteiger partial charge in [-0.25, -0.2) is 15.0 Å². The van der Waals surface area contributed by atoms with Crippen molar-refractivity contribution in [2.24, 2.45) is 0 Å². The third kappa shape index (κ3) is 5.66. The standard InChI is InChI=1S/C46H29N5O2/c1-2-9-30(10-3-1)37-29-41(48-40-13-8-28-47-44(37)40)31-16-22-34(23-17-31)51(35-24-18-32(19-25-35)45-49-38-11-4-6-14-42(38)52-45)36-26-20-33(21-27-36)46-50-39-12-5-7-15-43(39)53-46/h1-29H. The summed E-state index contributed by atoms with van der Waals surface area (Å²) in [7, 11) is 0. The van der Waals surface area contributed by atoms with E-state index in [1.165, 1.54) is 0 Å². The number of anilines is 3. The highest BCUT2D eigenvalue weighted by Crippen LogP contribution is 2.39. The summed E-state index contributed by atoms with van der Waals surface area (Å²) in [5.74, 6) is 1.17. The van der Waals surface area contributed by atoms with Crippen LogP contribution in [0.2, 0.25) is 0 Å². The molecule has 0 radical (unpaired) electrons. The van der Waals surface area contributed by atoms with Gasteiger partial charge in [0.2, 0.25) is 11.8 Å². The number of rotatable bonds is 7. The highest BCUT2D eigenvalue weighted by molar-refractivity contribution is 5.94. The summed E-state index contributed by atoms with van der Waals surface area (Å²) in [6.07, 6.45) is 1.82. The summed E-state index contributed by atoms with van der Waals surface area (Å²) in [6, 6.07) is 57.1.